The minimum atomic E-state index is -0.458. The first-order valence-corrected chi connectivity index (χ1v) is 10.3. The van der Waals surface area contributed by atoms with E-state index in [1.807, 2.05) is 24.3 Å². The summed E-state index contributed by atoms with van der Waals surface area (Å²) in [6, 6.07) is 17.1. The number of halogens is 1. The average molecular weight is 481 g/mol. The lowest BCUT2D eigenvalue weighted by atomic mass is 10.0. The molecule has 2 aromatic carbocycles. The first-order valence-electron chi connectivity index (χ1n) is 9.54. The first-order chi connectivity index (χ1) is 14.9. The summed E-state index contributed by atoms with van der Waals surface area (Å²) in [7, 11) is 0. The van der Waals surface area contributed by atoms with Crippen molar-refractivity contribution in [2.75, 3.05) is 10.6 Å². The molecule has 3 N–H and O–H groups in total. The summed E-state index contributed by atoms with van der Waals surface area (Å²) in [6.07, 6.45) is 3.15. The molecule has 0 bridgehead atoms. The number of benzene rings is 2. The second-order valence-electron chi connectivity index (χ2n) is 6.83. The van der Waals surface area contributed by atoms with Crippen LogP contribution in [0.4, 0.5) is 11.4 Å². The maximum Gasteiger partial charge on any atom is 0.255 e. The maximum absolute atomic E-state index is 12.6. The molecule has 8 heteroatoms. The van der Waals surface area contributed by atoms with Crippen molar-refractivity contribution in [2.24, 2.45) is 0 Å². The lowest BCUT2D eigenvalue weighted by molar-refractivity contribution is -0.120. The highest BCUT2D eigenvalue weighted by Gasteiger charge is 2.17. The van der Waals surface area contributed by atoms with Crippen LogP contribution in [0.5, 0.6) is 0 Å². The number of carbonyl (C=O) groups is 3. The van der Waals surface area contributed by atoms with Crippen molar-refractivity contribution in [3.8, 4) is 0 Å². The highest BCUT2D eigenvalue weighted by molar-refractivity contribution is 9.10. The molecule has 7 nitrogen and oxygen atoms in total. The first kappa shape index (κ1) is 22.2. The normalized spacial score (nSPS) is 11.3. The third kappa shape index (κ3) is 6.75. The molecule has 0 aliphatic carbocycles. The van der Waals surface area contributed by atoms with Gasteiger partial charge in [-0.15, -0.1) is 0 Å². The van der Waals surface area contributed by atoms with E-state index < -0.39 is 6.04 Å². The third-order valence-electron chi connectivity index (χ3n) is 4.39. The number of carbonyl (C=O) groups excluding carboxylic acids is 3. The number of hydrogen-bond acceptors (Lipinski definition) is 4. The van der Waals surface area contributed by atoms with Gasteiger partial charge in [0.25, 0.3) is 5.91 Å². The van der Waals surface area contributed by atoms with E-state index in [0.29, 0.717) is 16.9 Å². The Morgan fingerprint density at radius 2 is 1.58 bits per heavy atom. The van der Waals surface area contributed by atoms with E-state index in [4.69, 9.17) is 0 Å². The second-order valence-corrected chi connectivity index (χ2v) is 7.74. The van der Waals surface area contributed by atoms with Crippen LogP contribution in [0.25, 0.3) is 0 Å². The van der Waals surface area contributed by atoms with Gasteiger partial charge in [-0.05, 0) is 48.0 Å². The summed E-state index contributed by atoms with van der Waals surface area (Å²) in [6.45, 7) is 1.42. The van der Waals surface area contributed by atoms with Gasteiger partial charge >= 0.3 is 0 Å². The van der Waals surface area contributed by atoms with Crippen molar-refractivity contribution in [3.05, 3.63) is 88.7 Å². The van der Waals surface area contributed by atoms with E-state index in [0.717, 1.165) is 10.0 Å². The van der Waals surface area contributed by atoms with Gasteiger partial charge in [-0.2, -0.15) is 0 Å². The molecule has 158 valence electrons. The highest BCUT2D eigenvalue weighted by Crippen LogP contribution is 2.22. The van der Waals surface area contributed by atoms with Gasteiger partial charge in [-0.3, -0.25) is 19.4 Å². The van der Waals surface area contributed by atoms with Crippen molar-refractivity contribution >= 4 is 45.0 Å². The monoisotopic (exact) mass is 480 g/mol. The van der Waals surface area contributed by atoms with Crippen LogP contribution in [-0.2, 0) is 9.59 Å². The van der Waals surface area contributed by atoms with E-state index in [2.05, 4.69) is 36.9 Å². The molecular weight excluding hydrogens is 460 g/mol. The van der Waals surface area contributed by atoms with Crippen LogP contribution < -0.4 is 16.0 Å². The summed E-state index contributed by atoms with van der Waals surface area (Å²) in [5.41, 5.74) is 2.39. The van der Waals surface area contributed by atoms with Gasteiger partial charge < -0.3 is 16.0 Å². The number of hydrogen-bond donors (Lipinski definition) is 3. The number of amides is 3. The maximum atomic E-state index is 12.6. The molecule has 0 radical (unpaired) electrons. The zero-order valence-electron chi connectivity index (χ0n) is 16.8. The molecule has 1 atom stereocenters. The van der Waals surface area contributed by atoms with Gasteiger partial charge in [0.2, 0.25) is 11.8 Å². The molecule has 3 rings (SSSR count). The van der Waals surface area contributed by atoms with Crippen molar-refractivity contribution in [1.29, 1.82) is 0 Å². The van der Waals surface area contributed by atoms with Gasteiger partial charge in [-0.25, -0.2) is 0 Å². The zero-order chi connectivity index (χ0) is 22.2. The highest BCUT2D eigenvalue weighted by atomic mass is 79.9. The number of nitrogens with zero attached hydrogens (tertiary/aromatic N) is 1. The molecule has 0 spiro atoms. The number of nitrogens with one attached hydrogen (secondary N) is 3. The van der Waals surface area contributed by atoms with Gasteiger partial charge in [-0.1, -0.05) is 34.1 Å². The van der Waals surface area contributed by atoms with Crippen LogP contribution >= 0.6 is 15.9 Å². The Morgan fingerprint density at radius 1 is 0.935 bits per heavy atom. The molecule has 0 saturated carbocycles. The fraction of sp³-hybridized carbons (Fsp3) is 0.130. The Morgan fingerprint density at radius 3 is 2.23 bits per heavy atom. The van der Waals surface area contributed by atoms with E-state index in [1.54, 1.807) is 48.8 Å². The van der Waals surface area contributed by atoms with Gasteiger partial charge in [0.15, 0.2) is 0 Å². The minimum absolute atomic E-state index is 0.0643. The quantitative estimate of drug-likeness (QED) is 0.469. The van der Waals surface area contributed by atoms with E-state index in [9.17, 15) is 14.4 Å². The Kier molecular flexibility index (Phi) is 7.50. The Bertz CT molecular complexity index is 1070. The number of anilines is 2. The smallest absolute Gasteiger partial charge is 0.255 e. The van der Waals surface area contributed by atoms with E-state index >= 15 is 0 Å². The predicted octanol–water partition coefficient (Wildman–Crippen LogP) is 4.30. The standard InChI is InChI=1S/C23H21BrN4O3/c1-15(29)26-21(16-5-7-18(24)8-6-16)14-22(30)27-19-3-2-4-20(13-19)28-23(31)17-9-11-25-12-10-17/h2-13,21H,14H2,1H3,(H,26,29)(H,27,30)(H,28,31). The van der Waals surface area contributed by atoms with Crippen LogP contribution in [0.1, 0.15) is 35.3 Å². The molecule has 0 saturated heterocycles. The SMILES string of the molecule is CC(=O)NC(CC(=O)Nc1cccc(NC(=O)c2ccncc2)c1)c1ccc(Br)cc1. The fourth-order valence-electron chi connectivity index (χ4n) is 2.97. The molecular formula is C23H21BrN4O3. The summed E-state index contributed by atoms with van der Waals surface area (Å²) in [5.74, 6) is -0.757. The van der Waals surface area contributed by atoms with Gasteiger partial charge in [0, 0.05) is 40.7 Å². The van der Waals surface area contributed by atoms with Crippen LogP contribution in [-0.4, -0.2) is 22.7 Å². The lowest BCUT2D eigenvalue weighted by Gasteiger charge is -2.18. The van der Waals surface area contributed by atoms with Crippen LogP contribution in [0.15, 0.2) is 77.5 Å². The summed E-state index contributed by atoms with van der Waals surface area (Å²) in [5, 5.41) is 8.42. The lowest BCUT2D eigenvalue weighted by Crippen LogP contribution is -2.29. The Balaban J connectivity index is 1.66. The molecule has 0 aliphatic rings. The number of aromatic nitrogens is 1. The van der Waals surface area contributed by atoms with Crippen LogP contribution in [0, 0.1) is 0 Å². The largest absolute Gasteiger partial charge is 0.349 e. The predicted molar refractivity (Wildman–Crippen MR) is 123 cm³/mol. The van der Waals surface area contributed by atoms with Crippen molar-refractivity contribution in [2.45, 2.75) is 19.4 Å². The summed E-state index contributed by atoms with van der Waals surface area (Å²) >= 11 is 3.38. The van der Waals surface area contributed by atoms with Gasteiger partial charge in [0.05, 0.1) is 12.5 Å². The zero-order valence-corrected chi connectivity index (χ0v) is 18.3. The molecule has 0 aliphatic heterocycles. The van der Waals surface area contributed by atoms with Crippen molar-refractivity contribution in [1.82, 2.24) is 10.3 Å². The average Bonchev–Trinajstić information content (AvgIpc) is 2.74. The Hall–Kier alpha value is -3.52. The molecule has 1 aromatic heterocycles. The van der Waals surface area contributed by atoms with E-state index in [-0.39, 0.29) is 24.1 Å². The fourth-order valence-corrected chi connectivity index (χ4v) is 3.24. The molecule has 0 fully saturated rings. The van der Waals surface area contributed by atoms with E-state index in [1.165, 1.54) is 6.92 Å². The van der Waals surface area contributed by atoms with Crippen LogP contribution in [0.3, 0.4) is 0 Å². The molecule has 3 aromatic rings. The van der Waals surface area contributed by atoms with Crippen molar-refractivity contribution < 1.29 is 14.4 Å². The molecule has 1 unspecified atom stereocenters. The second kappa shape index (κ2) is 10.5. The van der Waals surface area contributed by atoms with Crippen LogP contribution in [0.2, 0.25) is 0 Å². The summed E-state index contributed by atoms with van der Waals surface area (Å²) in [4.78, 5) is 40.4. The minimum Gasteiger partial charge on any atom is -0.349 e. The molecule has 1 heterocycles. The summed E-state index contributed by atoms with van der Waals surface area (Å²) < 4.78 is 0.910. The topological polar surface area (TPSA) is 100 Å². The Labute approximate surface area is 188 Å². The molecule has 31 heavy (non-hydrogen) atoms. The number of rotatable bonds is 7. The third-order valence-corrected chi connectivity index (χ3v) is 4.91. The van der Waals surface area contributed by atoms with Gasteiger partial charge in [0.1, 0.15) is 0 Å². The van der Waals surface area contributed by atoms with Crippen molar-refractivity contribution in [3.63, 3.8) is 0 Å². The molecule has 3 amide bonds. The number of pyridine rings is 1.